The number of pyridine rings is 1. The molecular weight excluding hydrogens is 352 g/mol. The van der Waals surface area contributed by atoms with Crippen LogP contribution < -0.4 is 10.5 Å². The fraction of sp³-hybridized carbons (Fsp3) is 0.667. The van der Waals surface area contributed by atoms with Gasteiger partial charge in [-0.3, -0.25) is 5.14 Å². The van der Waals surface area contributed by atoms with Crippen molar-refractivity contribution in [2.45, 2.75) is 63.3 Å². The monoisotopic (exact) mass is 382 g/mol. The van der Waals surface area contributed by atoms with Gasteiger partial charge in [0, 0.05) is 12.1 Å². The van der Waals surface area contributed by atoms with E-state index in [9.17, 15) is 4.79 Å². The zero-order chi connectivity index (χ0) is 19.4. The minimum absolute atomic E-state index is 0.00166. The van der Waals surface area contributed by atoms with Crippen molar-refractivity contribution in [3.05, 3.63) is 18.2 Å². The number of amides is 1. The molecule has 1 saturated heterocycles. The molecular formula is C18H30N4O3S. The first kappa shape index (κ1) is 20.8. The molecule has 2 rings (SSSR count). The Morgan fingerprint density at radius 1 is 1.46 bits per heavy atom. The summed E-state index contributed by atoms with van der Waals surface area (Å²) in [6, 6.07) is 5.66. The molecule has 8 heteroatoms. The molecule has 0 saturated carbocycles. The lowest BCUT2D eigenvalue weighted by Crippen LogP contribution is -2.45. The molecule has 1 aromatic rings. The second-order valence-electron chi connectivity index (χ2n) is 8.01. The Hall–Kier alpha value is -1.51. The summed E-state index contributed by atoms with van der Waals surface area (Å²) in [7, 11) is 0. The average Bonchev–Trinajstić information content (AvgIpc) is 2.85. The molecule has 1 atom stereocenters. The van der Waals surface area contributed by atoms with Gasteiger partial charge in [0.2, 0.25) is 0 Å². The van der Waals surface area contributed by atoms with Crippen molar-refractivity contribution in [1.29, 1.82) is 0 Å². The molecule has 0 spiro atoms. The van der Waals surface area contributed by atoms with Gasteiger partial charge in [-0.1, -0.05) is 6.07 Å². The smallest absolute Gasteiger partial charge is 0.410 e. The van der Waals surface area contributed by atoms with Gasteiger partial charge in [0.15, 0.2) is 0 Å². The highest BCUT2D eigenvalue weighted by atomic mass is 32.2. The zero-order valence-corrected chi connectivity index (χ0v) is 17.1. The Kier molecular flexibility index (Phi) is 6.76. The Balaban J connectivity index is 1.79. The number of aromatic nitrogens is 1. The van der Waals surface area contributed by atoms with Gasteiger partial charge in [-0.25, -0.2) is 9.78 Å². The molecule has 146 valence electrons. The molecule has 1 aliphatic rings. The first-order chi connectivity index (χ1) is 12.1. The maximum absolute atomic E-state index is 12.4. The molecule has 0 aromatic carbocycles. The van der Waals surface area contributed by atoms with E-state index >= 15 is 0 Å². The minimum Gasteiger partial charge on any atom is -0.444 e. The van der Waals surface area contributed by atoms with E-state index in [0.717, 1.165) is 29.2 Å². The van der Waals surface area contributed by atoms with E-state index in [0.29, 0.717) is 19.7 Å². The molecule has 1 amide bonds. The SMILES string of the molecule is CC(C)(C)OC(=O)N1CC(OCCNc2cccc(SN)n2)CC1(C)C. The standard InChI is InChI=1S/C18H30N4O3S/c1-17(2,3)25-16(23)22-12-13(11-18(22,4)5)24-10-9-20-14-7-6-8-15(21-14)26-19/h6-8,13H,9-12,19H2,1-5H3,(H,20,21). The fourth-order valence-corrected chi connectivity index (χ4v) is 3.22. The van der Waals surface area contributed by atoms with E-state index in [-0.39, 0.29) is 17.7 Å². The first-order valence-corrected chi connectivity index (χ1v) is 9.68. The van der Waals surface area contributed by atoms with Gasteiger partial charge in [0.05, 0.1) is 19.3 Å². The number of rotatable bonds is 6. The van der Waals surface area contributed by atoms with Crippen molar-refractivity contribution >= 4 is 23.9 Å². The third-order valence-corrected chi connectivity index (χ3v) is 4.53. The van der Waals surface area contributed by atoms with Crippen LogP contribution >= 0.6 is 11.9 Å². The lowest BCUT2D eigenvalue weighted by Gasteiger charge is -2.33. The number of likely N-dealkylation sites (tertiary alicyclic amines) is 1. The molecule has 0 radical (unpaired) electrons. The van der Waals surface area contributed by atoms with Crippen LogP contribution in [0.2, 0.25) is 0 Å². The Morgan fingerprint density at radius 2 is 2.19 bits per heavy atom. The first-order valence-electron chi connectivity index (χ1n) is 8.80. The van der Waals surface area contributed by atoms with Crippen LogP contribution in [0.3, 0.4) is 0 Å². The van der Waals surface area contributed by atoms with Crippen LogP contribution in [0.5, 0.6) is 0 Å². The number of hydrogen-bond donors (Lipinski definition) is 2. The van der Waals surface area contributed by atoms with Crippen LogP contribution in [-0.4, -0.2) is 52.9 Å². The van der Waals surface area contributed by atoms with Crippen molar-refractivity contribution in [3.8, 4) is 0 Å². The Bertz CT molecular complexity index is 619. The summed E-state index contributed by atoms with van der Waals surface area (Å²) in [5.74, 6) is 0.770. The molecule has 2 heterocycles. The van der Waals surface area contributed by atoms with Crippen molar-refractivity contribution < 1.29 is 14.3 Å². The second kappa shape index (κ2) is 8.45. The predicted octanol–water partition coefficient (Wildman–Crippen LogP) is 3.26. The Labute approximate surface area is 160 Å². The van der Waals surface area contributed by atoms with Crippen LogP contribution in [-0.2, 0) is 9.47 Å². The van der Waals surface area contributed by atoms with E-state index < -0.39 is 5.60 Å². The molecule has 1 aliphatic heterocycles. The van der Waals surface area contributed by atoms with Gasteiger partial charge >= 0.3 is 6.09 Å². The van der Waals surface area contributed by atoms with Crippen molar-refractivity contribution in [2.24, 2.45) is 5.14 Å². The highest BCUT2D eigenvalue weighted by Crippen LogP contribution is 2.31. The summed E-state index contributed by atoms with van der Waals surface area (Å²) in [5.41, 5.74) is -0.784. The lowest BCUT2D eigenvalue weighted by atomic mass is 10.0. The maximum atomic E-state index is 12.4. The van der Waals surface area contributed by atoms with Gasteiger partial charge < -0.3 is 19.7 Å². The molecule has 26 heavy (non-hydrogen) atoms. The van der Waals surface area contributed by atoms with Gasteiger partial charge in [0.25, 0.3) is 0 Å². The quantitative estimate of drug-likeness (QED) is 0.576. The van der Waals surface area contributed by atoms with Crippen molar-refractivity contribution in [1.82, 2.24) is 9.88 Å². The summed E-state index contributed by atoms with van der Waals surface area (Å²) in [6.07, 6.45) is 0.495. The molecule has 0 bridgehead atoms. The summed E-state index contributed by atoms with van der Waals surface area (Å²) < 4.78 is 11.5. The third kappa shape index (κ3) is 6.03. The number of carbonyl (C=O) groups excluding carboxylic acids is 1. The molecule has 7 nitrogen and oxygen atoms in total. The number of nitrogens with one attached hydrogen (secondary N) is 1. The largest absolute Gasteiger partial charge is 0.444 e. The summed E-state index contributed by atoms with van der Waals surface area (Å²) in [4.78, 5) is 18.5. The van der Waals surface area contributed by atoms with Gasteiger partial charge in [-0.15, -0.1) is 0 Å². The van der Waals surface area contributed by atoms with Gasteiger partial charge in [-0.05, 0) is 65.1 Å². The van der Waals surface area contributed by atoms with Gasteiger partial charge in [-0.2, -0.15) is 0 Å². The maximum Gasteiger partial charge on any atom is 0.410 e. The van der Waals surface area contributed by atoms with Crippen LogP contribution in [0.25, 0.3) is 0 Å². The van der Waals surface area contributed by atoms with Crippen molar-refractivity contribution in [3.63, 3.8) is 0 Å². The van der Waals surface area contributed by atoms with E-state index in [1.807, 2.05) is 52.8 Å². The number of hydrogen-bond acceptors (Lipinski definition) is 7. The van der Waals surface area contributed by atoms with E-state index in [4.69, 9.17) is 14.6 Å². The zero-order valence-electron chi connectivity index (χ0n) is 16.2. The second-order valence-corrected chi connectivity index (χ2v) is 8.66. The van der Waals surface area contributed by atoms with E-state index in [1.165, 1.54) is 0 Å². The fourth-order valence-electron chi connectivity index (χ4n) is 2.92. The number of ether oxygens (including phenoxy) is 2. The number of nitrogens with two attached hydrogens (primary N) is 1. The molecule has 3 N–H and O–H groups in total. The Morgan fingerprint density at radius 3 is 2.85 bits per heavy atom. The van der Waals surface area contributed by atoms with E-state index in [2.05, 4.69) is 10.3 Å². The number of nitrogens with zero attached hydrogens (tertiary/aromatic N) is 2. The predicted molar refractivity (Wildman–Crippen MR) is 104 cm³/mol. The van der Waals surface area contributed by atoms with Crippen LogP contribution in [0.1, 0.15) is 41.0 Å². The average molecular weight is 383 g/mol. The minimum atomic E-state index is -0.501. The van der Waals surface area contributed by atoms with E-state index in [1.54, 1.807) is 4.90 Å². The summed E-state index contributed by atoms with van der Waals surface area (Å²) in [5, 5.41) is 9.50. The molecule has 1 fully saturated rings. The molecule has 1 unspecified atom stereocenters. The molecule has 0 aliphatic carbocycles. The third-order valence-electron chi connectivity index (χ3n) is 4.06. The topological polar surface area (TPSA) is 89.7 Å². The van der Waals surface area contributed by atoms with Crippen LogP contribution in [0.15, 0.2) is 23.2 Å². The van der Waals surface area contributed by atoms with Crippen LogP contribution in [0, 0.1) is 0 Å². The highest BCUT2D eigenvalue weighted by molar-refractivity contribution is 7.97. The van der Waals surface area contributed by atoms with Gasteiger partial charge in [0.1, 0.15) is 16.4 Å². The lowest BCUT2D eigenvalue weighted by molar-refractivity contribution is 0.0105. The number of anilines is 1. The summed E-state index contributed by atoms with van der Waals surface area (Å²) in [6.45, 7) is 11.4. The molecule has 1 aromatic heterocycles. The van der Waals surface area contributed by atoms with Crippen molar-refractivity contribution in [2.75, 3.05) is 25.0 Å². The van der Waals surface area contributed by atoms with Crippen LogP contribution in [0.4, 0.5) is 10.6 Å². The normalized spacial score (nSPS) is 19.5. The number of carbonyl (C=O) groups is 1. The highest BCUT2D eigenvalue weighted by Gasteiger charge is 2.43. The summed E-state index contributed by atoms with van der Waals surface area (Å²) >= 11 is 1.12.